The first-order chi connectivity index (χ1) is 13.1. The van der Waals surface area contributed by atoms with E-state index in [0.29, 0.717) is 12.1 Å². The highest BCUT2D eigenvalue weighted by atomic mass is 16.5. The summed E-state index contributed by atoms with van der Waals surface area (Å²) in [6.45, 7) is 2.75. The van der Waals surface area contributed by atoms with Gasteiger partial charge in [0.25, 0.3) is 0 Å². The van der Waals surface area contributed by atoms with Crippen LogP contribution < -0.4 is 0 Å². The van der Waals surface area contributed by atoms with Gasteiger partial charge in [0.05, 0.1) is 26.2 Å². The van der Waals surface area contributed by atoms with E-state index in [-0.39, 0.29) is 18.4 Å². The minimum atomic E-state index is -0.363. The summed E-state index contributed by atoms with van der Waals surface area (Å²) in [6, 6.07) is 9.98. The molecule has 5 heteroatoms. The smallest absolute Gasteiger partial charge is 0.339 e. The molecule has 0 aliphatic carbocycles. The Hall–Kier alpha value is -2.56. The average Bonchev–Trinajstić information content (AvgIpc) is 3.02. The lowest BCUT2D eigenvalue weighted by Crippen LogP contribution is -2.13. The van der Waals surface area contributed by atoms with Gasteiger partial charge in [-0.05, 0) is 24.0 Å². The van der Waals surface area contributed by atoms with Crippen molar-refractivity contribution in [2.24, 2.45) is 0 Å². The molecule has 27 heavy (non-hydrogen) atoms. The van der Waals surface area contributed by atoms with Crippen molar-refractivity contribution < 1.29 is 19.1 Å². The van der Waals surface area contributed by atoms with Crippen LogP contribution in [0.4, 0.5) is 0 Å². The first-order valence-corrected chi connectivity index (χ1v) is 9.50. The second-order valence-electron chi connectivity index (χ2n) is 6.64. The number of ether oxygens (including phenoxy) is 2. The Labute approximate surface area is 161 Å². The third kappa shape index (κ3) is 5.71. The van der Waals surface area contributed by atoms with Crippen LogP contribution in [0.25, 0.3) is 0 Å². The molecule has 1 heterocycles. The van der Waals surface area contributed by atoms with Gasteiger partial charge in [0.15, 0.2) is 0 Å². The van der Waals surface area contributed by atoms with Gasteiger partial charge in [-0.15, -0.1) is 0 Å². The number of unbranched alkanes of at least 4 members (excludes halogenated alkanes) is 3. The lowest BCUT2D eigenvalue weighted by Gasteiger charge is -2.11. The van der Waals surface area contributed by atoms with E-state index in [4.69, 9.17) is 9.47 Å². The van der Waals surface area contributed by atoms with Crippen LogP contribution in [0, 0.1) is 0 Å². The highest BCUT2D eigenvalue weighted by Gasteiger charge is 2.23. The van der Waals surface area contributed by atoms with Crippen molar-refractivity contribution >= 4 is 11.9 Å². The van der Waals surface area contributed by atoms with E-state index in [1.165, 1.54) is 14.2 Å². The van der Waals surface area contributed by atoms with E-state index in [2.05, 4.69) is 6.92 Å². The molecule has 0 spiro atoms. The standard InChI is InChI=1S/C22H29NO4/c1-4-5-6-10-13-18-19(22(25)27-3)16-23(20(18)14-21(24)26-2)15-17-11-8-7-9-12-17/h7-9,11-12,16H,4-6,10,13-15H2,1-3H3. The Bertz CT molecular complexity index is 749. The number of carbonyl (C=O) groups excluding carboxylic acids is 2. The van der Waals surface area contributed by atoms with Crippen molar-refractivity contribution in [1.82, 2.24) is 4.57 Å². The molecule has 1 aromatic carbocycles. The molecular weight excluding hydrogens is 342 g/mol. The molecule has 0 unspecified atom stereocenters. The maximum absolute atomic E-state index is 12.3. The lowest BCUT2D eigenvalue weighted by atomic mass is 10.0. The summed E-state index contributed by atoms with van der Waals surface area (Å²) in [6.07, 6.45) is 7.08. The summed E-state index contributed by atoms with van der Waals surface area (Å²) >= 11 is 0. The van der Waals surface area contributed by atoms with Crippen LogP contribution in [-0.4, -0.2) is 30.7 Å². The van der Waals surface area contributed by atoms with Gasteiger partial charge in [-0.3, -0.25) is 4.79 Å². The zero-order chi connectivity index (χ0) is 19.6. The molecule has 0 saturated heterocycles. The van der Waals surface area contributed by atoms with Gasteiger partial charge in [0.2, 0.25) is 0 Å². The van der Waals surface area contributed by atoms with Crippen molar-refractivity contribution in [1.29, 1.82) is 0 Å². The summed E-state index contributed by atoms with van der Waals surface area (Å²) in [7, 11) is 2.77. The van der Waals surface area contributed by atoms with Crippen molar-refractivity contribution in [3.63, 3.8) is 0 Å². The van der Waals surface area contributed by atoms with Gasteiger partial charge in [-0.2, -0.15) is 0 Å². The highest BCUT2D eigenvalue weighted by molar-refractivity contribution is 5.92. The number of benzene rings is 1. The molecule has 0 fully saturated rings. The van der Waals surface area contributed by atoms with Gasteiger partial charge < -0.3 is 14.0 Å². The van der Waals surface area contributed by atoms with Crippen LogP contribution in [0.15, 0.2) is 36.5 Å². The molecule has 5 nitrogen and oxygen atoms in total. The molecule has 0 N–H and O–H groups in total. The molecule has 0 amide bonds. The van der Waals surface area contributed by atoms with Crippen LogP contribution in [0.2, 0.25) is 0 Å². The molecule has 0 saturated carbocycles. The van der Waals surface area contributed by atoms with Crippen LogP contribution in [0.3, 0.4) is 0 Å². The first-order valence-electron chi connectivity index (χ1n) is 9.50. The normalized spacial score (nSPS) is 10.6. The number of carbonyl (C=O) groups is 2. The number of hydrogen-bond acceptors (Lipinski definition) is 4. The van der Waals surface area contributed by atoms with Crippen molar-refractivity contribution in [3.05, 3.63) is 58.9 Å². The number of esters is 2. The molecule has 146 valence electrons. The molecule has 0 atom stereocenters. The quantitative estimate of drug-likeness (QED) is 0.465. The van der Waals surface area contributed by atoms with E-state index >= 15 is 0 Å². The fourth-order valence-electron chi connectivity index (χ4n) is 3.27. The predicted octanol–water partition coefficient (Wildman–Crippen LogP) is 4.16. The number of nitrogens with zero attached hydrogens (tertiary/aromatic N) is 1. The minimum absolute atomic E-state index is 0.142. The predicted molar refractivity (Wildman–Crippen MR) is 105 cm³/mol. The monoisotopic (exact) mass is 371 g/mol. The summed E-state index contributed by atoms with van der Waals surface area (Å²) < 4.78 is 11.9. The second kappa shape index (κ2) is 10.6. The largest absolute Gasteiger partial charge is 0.469 e. The lowest BCUT2D eigenvalue weighted by molar-refractivity contribution is -0.139. The van der Waals surface area contributed by atoms with E-state index in [1.54, 1.807) is 0 Å². The summed E-state index contributed by atoms with van der Waals surface area (Å²) in [5.41, 5.74) is 3.39. The molecule has 1 aromatic heterocycles. The minimum Gasteiger partial charge on any atom is -0.469 e. The average molecular weight is 371 g/mol. The summed E-state index contributed by atoms with van der Waals surface area (Å²) in [4.78, 5) is 24.4. The van der Waals surface area contributed by atoms with Crippen LogP contribution in [-0.2, 0) is 33.7 Å². The topological polar surface area (TPSA) is 57.5 Å². The Morgan fingerprint density at radius 2 is 1.74 bits per heavy atom. The Kier molecular flexibility index (Phi) is 8.11. The third-order valence-corrected chi connectivity index (χ3v) is 4.73. The van der Waals surface area contributed by atoms with Crippen LogP contribution in [0.5, 0.6) is 0 Å². The Balaban J connectivity index is 2.41. The Morgan fingerprint density at radius 1 is 1.00 bits per heavy atom. The number of methoxy groups -OCH3 is 2. The molecule has 0 aliphatic rings. The Morgan fingerprint density at radius 3 is 2.37 bits per heavy atom. The number of rotatable bonds is 10. The number of hydrogen-bond donors (Lipinski definition) is 0. The van der Waals surface area contributed by atoms with Gasteiger partial charge >= 0.3 is 11.9 Å². The molecule has 2 rings (SSSR count). The van der Waals surface area contributed by atoms with Crippen LogP contribution >= 0.6 is 0 Å². The maximum Gasteiger partial charge on any atom is 0.339 e. The molecule has 0 bridgehead atoms. The summed E-state index contributed by atoms with van der Waals surface area (Å²) in [5, 5.41) is 0. The van der Waals surface area contributed by atoms with E-state index in [1.807, 2.05) is 41.1 Å². The SMILES string of the molecule is CCCCCCc1c(C(=O)OC)cn(Cc2ccccc2)c1CC(=O)OC. The van der Waals surface area contributed by atoms with Crippen molar-refractivity contribution in [3.8, 4) is 0 Å². The van der Waals surface area contributed by atoms with Crippen molar-refractivity contribution in [2.75, 3.05) is 14.2 Å². The van der Waals surface area contributed by atoms with Gasteiger partial charge in [0.1, 0.15) is 0 Å². The molecule has 0 radical (unpaired) electrons. The van der Waals surface area contributed by atoms with Gasteiger partial charge in [0, 0.05) is 18.4 Å². The van der Waals surface area contributed by atoms with Gasteiger partial charge in [-0.25, -0.2) is 4.79 Å². The fraction of sp³-hybridized carbons (Fsp3) is 0.455. The van der Waals surface area contributed by atoms with Gasteiger partial charge in [-0.1, -0.05) is 56.5 Å². The van der Waals surface area contributed by atoms with E-state index in [9.17, 15) is 9.59 Å². The third-order valence-electron chi connectivity index (χ3n) is 4.73. The fourth-order valence-corrected chi connectivity index (χ4v) is 3.27. The maximum atomic E-state index is 12.3. The molecule has 2 aromatic rings. The zero-order valence-corrected chi connectivity index (χ0v) is 16.5. The highest BCUT2D eigenvalue weighted by Crippen LogP contribution is 2.24. The summed E-state index contributed by atoms with van der Waals surface area (Å²) in [5.74, 6) is -0.674. The zero-order valence-electron chi connectivity index (χ0n) is 16.5. The van der Waals surface area contributed by atoms with E-state index < -0.39 is 0 Å². The molecular formula is C22H29NO4. The van der Waals surface area contributed by atoms with E-state index in [0.717, 1.165) is 48.9 Å². The van der Waals surface area contributed by atoms with Crippen LogP contribution in [0.1, 0.15) is 59.8 Å². The number of aromatic nitrogens is 1. The first kappa shape index (κ1) is 20.7. The molecule has 0 aliphatic heterocycles. The second-order valence-corrected chi connectivity index (χ2v) is 6.64. The van der Waals surface area contributed by atoms with Crippen molar-refractivity contribution in [2.45, 2.75) is 52.0 Å².